The normalized spacial score (nSPS) is 16.6. The van der Waals surface area contributed by atoms with Crippen LogP contribution in [0.15, 0.2) is 41.8 Å². The molecule has 1 N–H and O–H groups in total. The van der Waals surface area contributed by atoms with Crippen molar-refractivity contribution < 1.29 is 9.90 Å². The van der Waals surface area contributed by atoms with E-state index in [0.717, 1.165) is 18.0 Å². The van der Waals surface area contributed by atoms with Crippen molar-refractivity contribution in [3.63, 3.8) is 0 Å². The van der Waals surface area contributed by atoms with Gasteiger partial charge in [-0.25, -0.2) is 0 Å². The van der Waals surface area contributed by atoms with Gasteiger partial charge in [-0.1, -0.05) is 12.1 Å². The van der Waals surface area contributed by atoms with E-state index in [-0.39, 0.29) is 5.91 Å². The van der Waals surface area contributed by atoms with Crippen LogP contribution in [0.4, 0.5) is 0 Å². The van der Waals surface area contributed by atoms with Crippen LogP contribution in [0.5, 0.6) is 0 Å². The number of aliphatic hydroxyl groups excluding tert-OH is 1. The zero-order chi connectivity index (χ0) is 16.9. The van der Waals surface area contributed by atoms with Crippen LogP contribution in [0.25, 0.3) is 0 Å². The van der Waals surface area contributed by atoms with E-state index in [1.807, 2.05) is 22.4 Å². The molecular weight excluding hydrogens is 322 g/mol. The van der Waals surface area contributed by atoms with E-state index in [4.69, 9.17) is 5.26 Å². The van der Waals surface area contributed by atoms with Crippen LogP contribution in [-0.2, 0) is 0 Å². The fourth-order valence-corrected chi connectivity index (χ4v) is 3.56. The fourth-order valence-electron chi connectivity index (χ4n) is 2.85. The summed E-state index contributed by atoms with van der Waals surface area (Å²) in [6, 6.07) is 12.8. The maximum Gasteiger partial charge on any atom is 0.253 e. The SMILES string of the molecule is N#Cc1cccc(C(=O)N2CCN(C[C@H](O)c3cccs3)CC2)c1. The van der Waals surface area contributed by atoms with Gasteiger partial charge in [-0.2, -0.15) is 5.26 Å². The monoisotopic (exact) mass is 341 g/mol. The summed E-state index contributed by atoms with van der Waals surface area (Å²) in [5.74, 6) is -0.0365. The largest absolute Gasteiger partial charge is 0.386 e. The molecule has 1 aliphatic heterocycles. The second-order valence-electron chi connectivity index (χ2n) is 5.82. The third kappa shape index (κ3) is 3.82. The van der Waals surface area contributed by atoms with Crippen LogP contribution >= 0.6 is 11.3 Å². The fraction of sp³-hybridized carbons (Fsp3) is 0.333. The van der Waals surface area contributed by atoms with Crippen molar-refractivity contribution in [1.82, 2.24) is 9.80 Å². The number of rotatable bonds is 4. The molecule has 1 aromatic carbocycles. The van der Waals surface area contributed by atoms with E-state index in [0.29, 0.717) is 30.8 Å². The molecule has 0 bridgehead atoms. The lowest BCUT2D eigenvalue weighted by atomic mass is 10.1. The third-order valence-electron chi connectivity index (χ3n) is 4.20. The Kier molecular flexibility index (Phi) is 5.26. The van der Waals surface area contributed by atoms with Crippen LogP contribution in [-0.4, -0.2) is 53.5 Å². The first-order chi connectivity index (χ1) is 11.7. The average molecular weight is 341 g/mol. The van der Waals surface area contributed by atoms with Crippen molar-refractivity contribution in [3.8, 4) is 6.07 Å². The number of nitriles is 1. The lowest BCUT2D eigenvalue weighted by molar-refractivity contribution is 0.0533. The summed E-state index contributed by atoms with van der Waals surface area (Å²) in [5, 5.41) is 21.1. The second kappa shape index (κ2) is 7.58. The minimum absolute atomic E-state index is 0.0365. The molecule has 6 heteroatoms. The molecule has 124 valence electrons. The standard InChI is InChI=1S/C18H19N3O2S/c19-12-14-3-1-4-15(11-14)18(23)21-8-6-20(7-9-21)13-16(22)17-5-2-10-24-17/h1-5,10-11,16,22H,6-9,13H2/t16-/m0/s1. The summed E-state index contributed by atoms with van der Waals surface area (Å²) in [7, 11) is 0. The van der Waals surface area contributed by atoms with Crippen molar-refractivity contribution >= 4 is 17.2 Å². The molecule has 2 aromatic rings. The number of nitrogens with zero attached hydrogens (tertiary/aromatic N) is 3. The average Bonchev–Trinajstić information content (AvgIpc) is 3.16. The molecule has 5 nitrogen and oxygen atoms in total. The molecule has 1 fully saturated rings. The van der Waals surface area contributed by atoms with Crippen LogP contribution < -0.4 is 0 Å². The number of amides is 1. The van der Waals surface area contributed by atoms with Crippen LogP contribution in [0.2, 0.25) is 0 Å². The van der Waals surface area contributed by atoms with Crippen molar-refractivity contribution in [2.45, 2.75) is 6.10 Å². The van der Waals surface area contributed by atoms with Gasteiger partial charge in [-0.15, -0.1) is 11.3 Å². The minimum Gasteiger partial charge on any atom is -0.386 e. The number of hydrogen-bond acceptors (Lipinski definition) is 5. The van der Waals surface area contributed by atoms with E-state index in [9.17, 15) is 9.90 Å². The number of piperazine rings is 1. The van der Waals surface area contributed by atoms with Gasteiger partial charge >= 0.3 is 0 Å². The highest BCUT2D eigenvalue weighted by Gasteiger charge is 2.24. The molecule has 0 radical (unpaired) electrons. The van der Waals surface area contributed by atoms with Crippen LogP contribution in [0, 0.1) is 11.3 Å². The molecule has 24 heavy (non-hydrogen) atoms. The summed E-state index contributed by atoms with van der Waals surface area (Å²) in [5.41, 5.74) is 1.06. The lowest BCUT2D eigenvalue weighted by Crippen LogP contribution is -2.49. The zero-order valence-corrected chi connectivity index (χ0v) is 14.1. The van der Waals surface area contributed by atoms with Gasteiger partial charge in [0.1, 0.15) is 6.10 Å². The smallest absolute Gasteiger partial charge is 0.253 e. The van der Waals surface area contributed by atoms with Crippen molar-refractivity contribution in [1.29, 1.82) is 5.26 Å². The molecule has 0 aliphatic carbocycles. The van der Waals surface area contributed by atoms with Gasteiger partial charge in [0.2, 0.25) is 0 Å². The third-order valence-corrected chi connectivity index (χ3v) is 5.17. The Hall–Kier alpha value is -2.20. The molecule has 0 saturated carbocycles. The highest BCUT2D eigenvalue weighted by Crippen LogP contribution is 2.20. The number of aliphatic hydroxyl groups is 1. The Morgan fingerprint density at radius 2 is 2.04 bits per heavy atom. The minimum atomic E-state index is -0.473. The van der Waals surface area contributed by atoms with Gasteiger partial charge in [0.25, 0.3) is 5.91 Å². The van der Waals surface area contributed by atoms with Crippen LogP contribution in [0.3, 0.4) is 0 Å². The Labute approximate surface area is 145 Å². The van der Waals surface area contributed by atoms with Gasteiger partial charge in [0, 0.05) is 43.2 Å². The summed E-state index contributed by atoms with van der Waals surface area (Å²) in [6.07, 6.45) is -0.473. The molecule has 1 aliphatic rings. The Balaban J connectivity index is 1.55. The summed E-state index contributed by atoms with van der Waals surface area (Å²) in [6.45, 7) is 3.34. The first-order valence-corrected chi connectivity index (χ1v) is 8.78. The van der Waals surface area contributed by atoms with E-state index in [2.05, 4.69) is 11.0 Å². The maximum absolute atomic E-state index is 12.5. The van der Waals surface area contributed by atoms with Gasteiger partial charge in [-0.3, -0.25) is 9.69 Å². The summed E-state index contributed by atoms with van der Waals surface area (Å²) in [4.78, 5) is 17.5. The zero-order valence-electron chi connectivity index (χ0n) is 13.3. The number of carbonyl (C=O) groups is 1. The Morgan fingerprint density at radius 1 is 1.25 bits per heavy atom. The molecule has 0 unspecified atom stereocenters. The predicted molar refractivity (Wildman–Crippen MR) is 92.8 cm³/mol. The maximum atomic E-state index is 12.5. The molecule has 1 amide bonds. The Morgan fingerprint density at radius 3 is 2.71 bits per heavy atom. The number of carbonyl (C=O) groups excluding carboxylic acids is 1. The molecule has 1 aromatic heterocycles. The van der Waals surface area contributed by atoms with Crippen molar-refractivity contribution in [2.75, 3.05) is 32.7 Å². The summed E-state index contributed by atoms with van der Waals surface area (Å²) < 4.78 is 0. The van der Waals surface area contributed by atoms with Crippen LogP contribution in [0.1, 0.15) is 26.9 Å². The van der Waals surface area contributed by atoms with E-state index >= 15 is 0 Å². The van der Waals surface area contributed by atoms with E-state index in [1.54, 1.807) is 35.6 Å². The van der Waals surface area contributed by atoms with Gasteiger partial charge in [0.15, 0.2) is 0 Å². The lowest BCUT2D eigenvalue weighted by Gasteiger charge is -2.35. The topological polar surface area (TPSA) is 67.6 Å². The number of β-amino-alcohol motifs (C(OH)–C–C–N with tert-alkyl or cyclic N) is 1. The molecule has 3 rings (SSSR count). The second-order valence-corrected chi connectivity index (χ2v) is 6.80. The quantitative estimate of drug-likeness (QED) is 0.925. The highest BCUT2D eigenvalue weighted by molar-refractivity contribution is 7.10. The highest BCUT2D eigenvalue weighted by atomic mass is 32.1. The molecule has 2 heterocycles. The van der Waals surface area contributed by atoms with Gasteiger partial charge in [-0.05, 0) is 29.6 Å². The predicted octanol–water partition coefficient (Wildman–Crippen LogP) is 2.11. The number of benzene rings is 1. The molecule has 0 spiro atoms. The first-order valence-electron chi connectivity index (χ1n) is 7.90. The molecule has 1 saturated heterocycles. The Bertz CT molecular complexity index is 731. The molecule has 1 atom stereocenters. The molecular formula is C18H19N3O2S. The van der Waals surface area contributed by atoms with Gasteiger partial charge in [0.05, 0.1) is 11.6 Å². The van der Waals surface area contributed by atoms with E-state index < -0.39 is 6.10 Å². The van der Waals surface area contributed by atoms with Crippen molar-refractivity contribution in [2.24, 2.45) is 0 Å². The first kappa shape index (κ1) is 16.7. The summed E-state index contributed by atoms with van der Waals surface area (Å²) >= 11 is 1.56. The van der Waals surface area contributed by atoms with Gasteiger partial charge < -0.3 is 10.0 Å². The number of hydrogen-bond donors (Lipinski definition) is 1. The number of thiophene rings is 1. The van der Waals surface area contributed by atoms with E-state index in [1.165, 1.54) is 0 Å². The van der Waals surface area contributed by atoms with Crippen molar-refractivity contribution in [3.05, 3.63) is 57.8 Å².